The topological polar surface area (TPSA) is 74.4 Å². The summed E-state index contributed by atoms with van der Waals surface area (Å²) in [5.74, 6) is -0.955. The summed E-state index contributed by atoms with van der Waals surface area (Å²) in [6, 6.07) is 13.8. The molecule has 4 aromatic rings. The number of H-pyrrole nitrogens is 2. The van der Waals surface area contributed by atoms with Crippen molar-refractivity contribution >= 4 is 23.5 Å². The van der Waals surface area contributed by atoms with E-state index in [1.165, 1.54) is 34.9 Å². The summed E-state index contributed by atoms with van der Waals surface area (Å²) in [4.78, 5) is 21.4. The molecule has 0 saturated carbocycles. The van der Waals surface area contributed by atoms with E-state index >= 15 is 0 Å². The normalized spacial score (nSPS) is 11.4. The summed E-state index contributed by atoms with van der Waals surface area (Å²) in [5.41, 5.74) is 3.13. The van der Waals surface area contributed by atoms with Crippen molar-refractivity contribution in [3.63, 3.8) is 0 Å². The van der Waals surface area contributed by atoms with Crippen LogP contribution in [0.3, 0.4) is 0 Å². The van der Waals surface area contributed by atoms with Crippen LogP contribution in [0.25, 0.3) is 11.3 Å². The van der Waals surface area contributed by atoms with Crippen LogP contribution in [-0.4, -0.2) is 26.4 Å². The van der Waals surface area contributed by atoms with Gasteiger partial charge in [0.2, 0.25) is 0 Å². The molecule has 0 radical (unpaired) electrons. The van der Waals surface area contributed by atoms with Crippen LogP contribution in [0, 0.1) is 11.6 Å². The fourth-order valence-electron chi connectivity index (χ4n) is 3.66. The van der Waals surface area contributed by atoms with Gasteiger partial charge in [0.25, 0.3) is 5.56 Å². The molecule has 0 unspecified atom stereocenters. The molecule has 176 valence electrons. The number of hydrogen-bond acceptors (Lipinski definition) is 5. The maximum atomic E-state index is 14.3. The third kappa shape index (κ3) is 5.42. The highest BCUT2D eigenvalue weighted by Crippen LogP contribution is 2.26. The largest absolute Gasteiger partial charge is 0.301 e. The predicted molar refractivity (Wildman–Crippen MR) is 133 cm³/mol. The van der Waals surface area contributed by atoms with E-state index in [0.29, 0.717) is 22.2 Å². The number of halogens is 2. The Morgan fingerprint density at radius 2 is 1.76 bits per heavy atom. The molecule has 2 aromatic heterocycles. The summed E-state index contributed by atoms with van der Waals surface area (Å²) in [7, 11) is 0. The second-order valence-electron chi connectivity index (χ2n) is 8.06. The van der Waals surface area contributed by atoms with E-state index in [9.17, 15) is 13.6 Å². The first-order chi connectivity index (χ1) is 16.4. The van der Waals surface area contributed by atoms with Crippen molar-refractivity contribution < 1.29 is 8.78 Å². The van der Waals surface area contributed by atoms with Gasteiger partial charge in [-0.25, -0.2) is 13.8 Å². The zero-order valence-corrected chi connectivity index (χ0v) is 20.6. The number of benzene rings is 2. The number of nitrogens with one attached hydrogen (secondary N) is 2. The Bertz CT molecular complexity index is 1330. The maximum Gasteiger partial charge on any atom is 0.255 e. The van der Waals surface area contributed by atoms with E-state index < -0.39 is 11.6 Å². The first-order valence-electron chi connectivity index (χ1n) is 10.7. The van der Waals surface area contributed by atoms with Crippen LogP contribution in [0.2, 0.25) is 0 Å². The molecule has 4 rings (SSSR count). The average Bonchev–Trinajstić information content (AvgIpc) is 3.29. The molecule has 9 heteroatoms. The monoisotopic (exact) mass is 498 g/mol. The Hall–Kier alpha value is -2.91. The molecular weight excluding hydrogens is 474 g/mol. The second kappa shape index (κ2) is 10.6. The third-order valence-electron chi connectivity index (χ3n) is 5.38. The minimum absolute atomic E-state index is 0.0934. The van der Waals surface area contributed by atoms with E-state index in [0.717, 1.165) is 17.0 Å². The lowest BCUT2D eigenvalue weighted by molar-refractivity contribution is 0.558. The van der Waals surface area contributed by atoms with E-state index in [-0.39, 0.29) is 23.5 Å². The molecule has 0 spiro atoms. The van der Waals surface area contributed by atoms with Crippen molar-refractivity contribution in [3.8, 4) is 11.3 Å². The molecule has 5 nitrogen and oxygen atoms in total. The van der Waals surface area contributed by atoms with Gasteiger partial charge in [-0.05, 0) is 42.5 Å². The number of aromatic amines is 2. The van der Waals surface area contributed by atoms with Crippen LogP contribution in [0.5, 0.6) is 0 Å². The fourth-order valence-corrected chi connectivity index (χ4v) is 4.85. The summed E-state index contributed by atoms with van der Waals surface area (Å²) in [6.07, 6.45) is 1.94. The Kier molecular flexibility index (Phi) is 7.53. The van der Waals surface area contributed by atoms with Crippen LogP contribution in [0.15, 0.2) is 63.4 Å². The van der Waals surface area contributed by atoms with Crippen molar-refractivity contribution in [2.24, 2.45) is 0 Å². The Morgan fingerprint density at radius 3 is 2.41 bits per heavy atom. The van der Waals surface area contributed by atoms with Crippen LogP contribution >= 0.6 is 23.5 Å². The van der Waals surface area contributed by atoms with Crippen molar-refractivity contribution in [3.05, 3.63) is 93.0 Å². The maximum absolute atomic E-state index is 14.3. The van der Waals surface area contributed by atoms with Gasteiger partial charge in [-0.15, -0.1) is 11.8 Å². The Labute approximate surface area is 204 Å². The number of hydrogen-bond donors (Lipinski definition) is 2. The predicted octanol–water partition coefficient (Wildman–Crippen LogP) is 6.17. The minimum atomic E-state index is -0.651. The number of rotatable bonds is 8. The van der Waals surface area contributed by atoms with Crippen LogP contribution in [-0.2, 0) is 12.2 Å². The molecule has 0 saturated heterocycles. The molecular formula is C25H24F2N4OS2. The zero-order valence-electron chi connectivity index (χ0n) is 19.0. The van der Waals surface area contributed by atoms with Crippen molar-refractivity contribution in [2.75, 3.05) is 6.26 Å². The van der Waals surface area contributed by atoms with Gasteiger partial charge >= 0.3 is 0 Å². The molecule has 0 aliphatic rings. The van der Waals surface area contributed by atoms with Gasteiger partial charge in [-0.1, -0.05) is 43.8 Å². The highest BCUT2D eigenvalue weighted by atomic mass is 32.2. The quantitative estimate of drug-likeness (QED) is 0.225. The molecule has 2 N–H and O–H groups in total. The molecule has 34 heavy (non-hydrogen) atoms. The van der Waals surface area contributed by atoms with Gasteiger partial charge in [0, 0.05) is 39.5 Å². The smallest absolute Gasteiger partial charge is 0.255 e. The molecule has 0 aliphatic carbocycles. The highest BCUT2D eigenvalue weighted by Gasteiger charge is 2.19. The summed E-state index contributed by atoms with van der Waals surface area (Å²) >= 11 is 3.01. The van der Waals surface area contributed by atoms with Gasteiger partial charge in [-0.3, -0.25) is 9.89 Å². The molecule has 0 atom stereocenters. The van der Waals surface area contributed by atoms with E-state index in [1.54, 1.807) is 11.8 Å². The summed E-state index contributed by atoms with van der Waals surface area (Å²) in [6.45, 7) is 3.72. The standard InChI is InChI=1S/C25H24F2N4OS2/c1-14(2)23-22(12-18-19(26)5-4-6-20(18)27)28-25(29-24(23)32)34-13-16-11-21(31-30-16)15-7-9-17(33-3)10-8-15/h4-11,14H,12-13H2,1-3H3,(H,30,31)(H,28,29,32). The lowest BCUT2D eigenvalue weighted by Crippen LogP contribution is -2.20. The zero-order chi connectivity index (χ0) is 24.2. The van der Waals surface area contributed by atoms with Crippen LogP contribution in [0.4, 0.5) is 8.78 Å². The average molecular weight is 499 g/mol. The van der Waals surface area contributed by atoms with Crippen molar-refractivity contribution in [1.82, 2.24) is 20.2 Å². The molecule has 2 aromatic carbocycles. The van der Waals surface area contributed by atoms with Gasteiger partial charge in [0.1, 0.15) is 11.6 Å². The Balaban J connectivity index is 1.56. The number of nitrogens with zero attached hydrogens (tertiary/aromatic N) is 2. The molecule has 0 fully saturated rings. The third-order valence-corrected chi connectivity index (χ3v) is 7.04. The molecule has 2 heterocycles. The van der Waals surface area contributed by atoms with Crippen molar-refractivity contribution in [1.29, 1.82) is 0 Å². The number of aromatic nitrogens is 4. The molecule has 0 bridgehead atoms. The van der Waals surface area contributed by atoms with E-state index in [1.807, 2.05) is 50.4 Å². The lowest BCUT2D eigenvalue weighted by Gasteiger charge is -2.13. The van der Waals surface area contributed by atoms with Crippen LogP contribution < -0.4 is 5.56 Å². The first kappa shape index (κ1) is 24.2. The van der Waals surface area contributed by atoms with Crippen LogP contribution in [0.1, 0.15) is 42.3 Å². The van der Waals surface area contributed by atoms with Gasteiger partial charge in [0.05, 0.1) is 11.4 Å². The minimum Gasteiger partial charge on any atom is -0.301 e. The Morgan fingerprint density at radius 1 is 1.06 bits per heavy atom. The van der Waals surface area contributed by atoms with E-state index in [2.05, 4.69) is 20.2 Å². The second-order valence-corrected chi connectivity index (χ2v) is 9.90. The van der Waals surface area contributed by atoms with Gasteiger partial charge < -0.3 is 4.98 Å². The first-order valence-corrected chi connectivity index (χ1v) is 12.9. The van der Waals surface area contributed by atoms with Gasteiger partial charge in [0.15, 0.2) is 5.16 Å². The fraction of sp³-hybridized carbons (Fsp3) is 0.240. The summed E-state index contributed by atoms with van der Waals surface area (Å²) < 4.78 is 28.5. The molecule has 0 aliphatic heterocycles. The SMILES string of the molecule is CSc1ccc(-c2cc(CSc3nc(Cc4c(F)cccc4F)c(C(C)C)c(=O)[nH]3)[nH]n2)cc1. The van der Waals surface area contributed by atoms with Gasteiger partial charge in [-0.2, -0.15) is 5.10 Å². The van der Waals surface area contributed by atoms with Crippen molar-refractivity contribution in [2.45, 2.75) is 42.0 Å². The highest BCUT2D eigenvalue weighted by molar-refractivity contribution is 7.98. The van der Waals surface area contributed by atoms with E-state index in [4.69, 9.17) is 0 Å². The number of thioether (sulfide) groups is 2. The lowest BCUT2D eigenvalue weighted by atomic mass is 9.98. The summed E-state index contributed by atoms with van der Waals surface area (Å²) in [5, 5.41) is 7.79. The molecule has 0 amide bonds.